The monoisotopic (exact) mass is 506 g/mol. The first kappa shape index (κ1) is 23.5. The van der Waals surface area contributed by atoms with Gasteiger partial charge in [0.2, 0.25) is 5.95 Å². The second kappa shape index (κ2) is 8.14. The van der Waals surface area contributed by atoms with Gasteiger partial charge in [0.05, 0.1) is 23.1 Å². The number of urea groups is 1. The summed E-state index contributed by atoms with van der Waals surface area (Å²) in [7, 11) is 0. The van der Waals surface area contributed by atoms with E-state index in [4.69, 9.17) is 5.73 Å². The number of nitrogens with two attached hydrogens (primary N) is 1. The van der Waals surface area contributed by atoms with Gasteiger partial charge in [-0.1, -0.05) is 0 Å². The van der Waals surface area contributed by atoms with Crippen molar-refractivity contribution in [3.63, 3.8) is 0 Å². The topological polar surface area (TPSA) is 88.5 Å². The molecule has 3 N–H and O–H groups in total. The zero-order valence-corrected chi connectivity index (χ0v) is 18.4. The number of alkyl halides is 3. The molecule has 0 bridgehead atoms. The molecule has 3 heterocycles. The summed E-state index contributed by atoms with van der Waals surface area (Å²) in [5.41, 5.74) is 4.54. The van der Waals surface area contributed by atoms with Gasteiger partial charge >= 0.3 is 12.2 Å². The number of amides is 2. The van der Waals surface area contributed by atoms with Gasteiger partial charge in [0, 0.05) is 17.7 Å². The Kier molecular flexibility index (Phi) is 5.30. The van der Waals surface area contributed by atoms with Gasteiger partial charge in [0.25, 0.3) is 0 Å². The van der Waals surface area contributed by atoms with E-state index in [9.17, 15) is 26.7 Å². The Balaban J connectivity index is 1.50. The normalized spacial score (nSPS) is 13.4. The molecule has 0 fully saturated rings. The van der Waals surface area contributed by atoms with Gasteiger partial charge in [0.1, 0.15) is 34.5 Å². The lowest BCUT2D eigenvalue weighted by molar-refractivity contribution is -0.137. The number of anilines is 3. The second-order valence-electron chi connectivity index (χ2n) is 8.11. The van der Waals surface area contributed by atoms with Gasteiger partial charge in [-0.15, -0.1) is 0 Å². The Hall–Kier alpha value is -4.29. The summed E-state index contributed by atoms with van der Waals surface area (Å²) >= 11 is 0. The fraction of sp³-hybridized carbons (Fsp3) is 0.174. The molecular formula is C23H16F6N6O. The van der Waals surface area contributed by atoms with Crippen molar-refractivity contribution in [1.29, 1.82) is 0 Å². The molecule has 5 rings (SSSR count). The Bertz CT molecular complexity index is 1550. The van der Waals surface area contributed by atoms with E-state index in [2.05, 4.69) is 15.3 Å². The van der Waals surface area contributed by atoms with Gasteiger partial charge in [-0.25, -0.2) is 23.5 Å². The number of hydrogen-bond acceptors (Lipinski definition) is 4. The predicted molar refractivity (Wildman–Crippen MR) is 119 cm³/mol. The van der Waals surface area contributed by atoms with Crippen LogP contribution >= 0.6 is 0 Å². The summed E-state index contributed by atoms with van der Waals surface area (Å²) in [5, 5.41) is 2.12. The summed E-state index contributed by atoms with van der Waals surface area (Å²) in [5.74, 6) is -2.36. The first-order valence-corrected chi connectivity index (χ1v) is 10.5. The van der Waals surface area contributed by atoms with Crippen LogP contribution in [0.2, 0.25) is 0 Å². The number of fused-ring (bicyclic) bond motifs is 2. The summed E-state index contributed by atoms with van der Waals surface area (Å²) in [6.07, 6.45) is -3.74. The molecule has 0 radical (unpaired) electrons. The summed E-state index contributed by atoms with van der Waals surface area (Å²) in [6.45, 7) is 1.51. The molecule has 0 aliphatic carbocycles. The highest BCUT2D eigenvalue weighted by Crippen LogP contribution is 2.38. The number of halogens is 6. The lowest BCUT2D eigenvalue weighted by atomic mass is 10.0. The third kappa shape index (κ3) is 3.67. The SMILES string of the molecule is Cc1nc(-c2ccc3c(c2F)CCN3C(=O)Nc2cc(C(F)(F)F)ccc2F)c2c(N)ncc(F)n12. The number of aromatic nitrogens is 3. The van der Waals surface area contributed by atoms with Crippen LogP contribution in [0.5, 0.6) is 0 Å². The second-order valence-corrected chi connectivity index (χ2v) is 8.11. The Labute approximate surface area is 199 Å². The number of nitrogens with one attached hydrogen (secondary N) is 1. The van der Waals surface area contributed by atoms with Gasteiger partial charge in [-0.3, -0.25) is 9.30 Å². The van der Waals surface area contributed by atoms with Crippen molar-refractivity contribution in [2.45, 2.75) is 19.5 Å². The smallest absolute Gasteiger partial charge is 0.382 e. The van der Waals surface area contributed by atoms with Crippen LogP contribution in [0.25, 0.3) is 16.8 Å². The molecule has 186 valence electrons. The fourth-order valence-electron chi connectivity index (χ4n) is 4.28. The van der Waals surface area contributed by atoms with E-state index < -0.39 is 41.0 Å². The van der Waals surface area contributed by atoms with Crippen molar-refractivity contribution in [3.05, 3.63) is 71.1 Å². The predicted octanol–water partition coefficient (Wildman–Crippen LogP) is 5.32. The molecule has 1 aliphatic rings. The van der Waals surface area contributed by atoms with Crippen molar-refractivity contribution >= 4 is 28.7 Å². The summed E-state index contributed by atoms with van der Waals surface area (Å²) in [6, 6.07) is 3.46. The molecule has 0 spiro atoms. The van der Waals surface area contributed by atoms with Crippen molar-refractivity contribution in [2.75, 3.05) is 22.5 Å². The third-order valence-electron chi connectivity index (χ3n) is 5.94. The third-order valence-corrected chi connectivity index (χ3v) is 5.94. The standard InChI is InChI=1S/C23H16F6N6O/c1-10-32-19(20-21(30)31-9-17(25)35(10)20)13-3-5-16-12(18(13)26)6-7-34(16)22(36)33-15-8-11(23(27,28)29)2-4-14(15)24/h2-5,8-9H,6-7H2,1H3,(H2,30,31)(H,33,36). The Morgan fingerprint density at radius 1 is 1.14 bits per heavy atom. The number of hydrogen-bond donors (Lipinski definition) is 2. The Morgan fingerprint density at radius 3 is 2.61 bits per heavy atom. The number of aryl methyl sites for hydroxylation is 1. The van der Waals surface area contributed by atoms with Gasteiger partial charge in [-0.05, 0) is 43.7 Å². The van der Waals surface area contributed by atoms with Crippen molar-refractivity contribution < 1.29 is 31.1 Å². The lowest BCUT2D eigenvalue weighted by Crippen LogP contribution is -2.33. The van der Waals surface area contributed by atoms with E-state index in [1.165, 1.54) is 19.1 Å². The van der Waals surface area contributed by atoms with Crippen LogP contribution in [0.4, 0.5) is 48.3 Å². The highest BCUT2D eigenvalue weighted by molar-refractivity contribution is 6.03. The van der Waals surface area contributed by atoms with Crippen LogP contribution in [-0.2, 0) is 12.6 Å². The number of carbonyl (C=O) groups is 1. The number of carbonyl (C=O) groups excluding carboxylic acids is 1. The number of imidazole rings is 1. The zero-order chi connectivity index (χ0) is 25.9. The van der Waals surface area contributed by atoms with E-state index in [-0.39, 0.29) is 52.6 Å². The number of nitrogens with zero attached hydrogens (tertiary/aromatic N) is 4. The van der Waals surface area contributed by atoms with E-state index in [1.54, 1.807) is 0 Å². The van der Waals surface area contributed by atoms with Gasteiger partial charge < -0.3 is 11.1 Å². The van der Waals surface area contributed by atoms with E-state index >= 15 is 4.39 Å². The van der Waals surface area contributed by atoms with E-state index in [0.29, 0.717) is 18.2 Å². The van der Waals surface area contributed by atoms with Crippen molar-refractivity contribution in [1.82, 2.24) is 14.4 Å². The van der Waals surface area contributed by atoms with Crippen molar-refractivity contribution in [2.24, 2.45) is 0 Å². The molecule has 2 aromatic carbocycles. The number of benzene rings is 2. The Morgan fingerprint density at radius 2 is 1.89 bits per heavy atom. The molecule has 0 atom stereocenters. The molecule has 0 unspecified atom stereocenters. The highest BCUT2D eigenvalue weighted by atomic mass is 19.4. The van der Waals surface area contributed by atoms with Crippen LogP contribution in [0.15, 0.2) is 36.5 Å². The van der Waals surface area contributed by atoms with Gasteiger partial charge in [-0.2, -0.15) is 17.6 Å². The molecule has 13 heteroatoms. The van der Waals surface area contributed by atoms with Crippen LogP contribution in [0, 0.1) is 24.5 Å². The molecule has 0 saturated heterocycles. The van der Waals surface area contributed by atoms with Crippen LogP contribution in [0.1, 0.15) is 17.0 Å². The average Bonchev–Trinajstić information content (AvgIpc) is 3.40. The highest BCUT2D eigenvalue weighted by Gasteiger charge is 2.33. The summed E-state index contributed by atoms with van der Waals surface area (Å²) < 4.78 is 84.0. The minimum atomic E-state index is -4.73. The minimum absolute atomic E-state index is 0.00429. The maximum absolute atomic E-state index is 15.6. The van der Waals surface area contributed by atoms with E-state index in [1.807, 2.05) is 0 Å². The zero-order valence-electron chi connectivity index (χ0n) is 18.4. The fourth-order valence-corrected chi connectivity index (χ4v) is 4.28. The quantitative estimate of drug-likeness (QED) is 0.361. The first-order chi connectivity index (χ1) is 17.0. The summed E-state index contributed by atoms with van der Waals surface area (Å²) in [4.78, 5) is 21.9. The maximum atomic E-state index is 15.6. The van der Waals surface area contributed by atoms with Crippen LogP contribution in [-0.4, -0.2) is 26.9 Å². The number of nitrogen functional groups attached to an aromatic ring is 1. The molecule has 2 aromatic heterocycles. The number of rotatable bonds is 2. The van der Waals surface area contributed by atoms with E-state index in [0.717, 1.165) is 15.5 Å². The first-order valence-electron chi connectivity index (χ1n) is 10.5. The largest absolute Gasteiger partial charge is 0.416 e. The molecule has 7 nitrogen and oxygen atoms in total. The van der Waals surface area contributed by atoms with Crippen molar-refractivity contribution in [3.8, 4) is 11.3 Å². The lowest BCUT2D eigenvalue weighted by Gasteiger charge is -2.19. The minimum Gasteiger partial charge on any atom is -0.382 e. The molecule has 36 heavy (non-hydrogen) atoms. The molecule has 0 saturated carbocycles. The molecular weight excluding hydrogens is 490 g/mol. The molecule has 1 aliphatic heterocycles. The van der Waals surface area contributed by atoms with Gasteiger partial charge in [0.15, 0.2) is 0 Å². The molecule has 2 amide bonds. The average molecular weight is 506 g/mol. The van der Waals surface area contributed by atoms with Crippen LogP contribution in [0.3, 0.4) is 0 Å². The maximum Gasteiger partial charge on any atom is 0.416 e. The molecule has 4 aromatic rings. The van der Waals surface area contributed by atoms with Crippen LogP contribution < -0.4 is 16.0 Å².